The van der Waals surface area contributed by atoms with Crippen LogP contribution in [0, 0.1) is 0 Å². The van der Waals surface area contributed by atoms with Crippen LogP contribution in [0.4, 0.5) is 13.2 Å². The maximum absolute atomic E-state index is 12.3. The molecule has 0 aromatic heterocycles. The fraction of sp³-hybridized carbons (Fsp3) is 0.500. The van der Waals surface area contributed by atoms with E-state index in [-0.39, 0.29) is 5.02 Å². The number of rotatable bonds is 2. The number of Topliss-reactive ketones (excluding diaryl/α,β-unsaturated/α-hetero) is 1. The maximum Gasteiger partial charge on any atom is 0.573 e. The quantitative estimate of drug-likeness (QED) is 0.904. The van der Waals surface area contributed by atoms with Crippen molar-refractivity contribution in [3.63, 3.8) is 0 Å². The van der Waals surface area contributed by atoms with Crippen molar-refractivity contribution in [2.75, 3.05) is 0 Å². The minimum absolute atomic E-state index is 0.0424. The molecule has 116 valence electrons. The first-order valence-electron chi connectivity index (χ1n) is 6.41. The van der Waals surface area contributed by atoms with E-state index in [2.05, 4.69) is 4.74 Å². The van der Waals surface area contributed by atoms with Crippen LogP contribution in [0.15, 0.2) is 18.2 Å². The highest BCUT2D eigenvalue weighted by Gasteiger charge is 2.42. The molecule has 0 amide bonds. The third-order valence-electron chi connectivity index (χ3n) is 3.74. The first-order chi connectivity index (χ1) is 9.62. The number of aliphatic hydroxyl groups is 1. The molecule has 1 aromatic rings. The minimum Gasteiger partial charge on any atom is -0.406 e. The standard InChI is InChI=1S/C14H14ClF3O3/c1-13(4-2-3-11(19)12(13)20)8-5-9(15)7-10(6-8)21-14(16,17)18/h5-7,11,19H,2-4H2,1H3. The number of ether oxygens (including phenoxy) is 1. The number of carbonyl (C=O) groups excluding carboxylic acids is 1. The first-order valence-corrected chi connectivity index (χ1v) is 6.79. The van der Waals surface area contributed by atoms with Gasteiger partial charge in [-0.2, -0.15) is 0 Å². The molecule has 0 aliphatic heterocycles. The fourth-order valence-electron chi connectivity index (χ4n) is 2.63. The molecule has 1 saturated carbocycles. The van der Waals surface area contributed by atoms with E-state index >= 15 is 0 Å². The molecule has 1 aliphatic carbocycles. The number of hydrogen-bond donors (Lipinski definition) is 1. The number of carbonyl (C=O) groups is 1. The summed E-state index contributed by atoms with van der Waals surface area (Å²) in [6.07, 6.45) is -4.53. The molecule has 1 fully saturated rings. The third-order valence-corrected chi connectivity index (χ3v) is 3.96. The lowest BCUT2D eigenvalue weighted by molar-refractivity contribution is -0.274. The van der Waals surface area contributed by atoms with Crippen LogP contribution in [0.5, 0.6) is 5.75 Å². The Bertz CT molecular complexity index is 559. The molecule has 21 heavy (non-hydrogen) atoms. The Morgan fingerprint density at radius 1 is 1.38 bits per heavy atom. The number of ketones is 1. The zero-order chi connectivity index (χ0) is 15.8. The van der Waals surface area contributed by atoms with Gasteiger partial charge in [0.05, 0.1) is 5.41 Å². The van der Waals surface area contributed by atoms with E-state index < -0.39 is 29.4 Å². The molecule has 0 bridgehead atoms. The largest absolute Gasteiger partial charge is 0.573 e. The van der Waals surface area contributed by atoms with Crippen LogP contribution in [0.1, 0.15) is 31.7 Å². The van der Waals surface area contributed by atoms with E-state index in [0.29, 0.717) is 24.8 Å². The molecule has 2 unspecified atom stereocenters. The highest BCUT2D eigenvalue weighted by molar-refractivity contribution is 6.30. The van der Waals surface area contributed by atoms with Crippen LogP contribution in [-0.2, 0) is 10.2 Å². The van der Waals surface area contributed by atoms with Crippen molar-refractivity contribution in [1.82, 2.24) is 0 Å². The van der Waals surface area contributed by atoms with Gasteiger partial charge in [-0.25, -0.2) is 0 Å². The summed E-state index contributed by atoms with van der Waals surface area (Å²) in [5, 5.41) is 9.75. The summed E-state index contributed by atoms with van der Waals surface area (Å²) in [6, 6.07) is 3.61. The third kappa shape index (κ3) is 3.49. The van der Waals surface area contributed by atoms with Gasteiger partial charge in [-0.1, -0.05) is 11.6 Å². The van der Waals surface area contributed by atoms with E-state index in [1.165, 1.54) is 6.07 Å². The second-order valence-electron chi connectivity index (χ2n) is 5.33. The van der Waals surface area contributed by atoms with Crippen molar-refractivity contribution in [1.29, 1.82) is 0 Å². The SMILES string of the molecule is CC1(c2cc(Cl)cc(OC(F)(F)F)c2)CCCC(O)C1=O. The number of halogens is 4. The van der Waals surface area contributed by atoms with Gasteiger partial charge in [-0.05, 0) is 49.9 Å². The fourth-order valence-corrected chi connectivity index (χ4v) is 2.86. The maximum atomic E-state index is 12.3. The first kappa shape index (κ1) is 16.1. The predicted octanol–water partition coefficient (Wildman–Crippen LogP) is 3.61. The summed E-state index contributed by atoms with van der Waals surface area (Å²) in [7, 11) is 0. The average molecular weight is 323 g/mol. The van der Waals surface area contributed by atoms with Crippen LogP contribution >= 0.6 is 11.6 Å². The molecule has 2 atom stereocenters. The molecule has 0 spiro atoms. The Balaban J connectivity index is 2.41. The van der Waals surface area contributed by atoms with Gasteiger partial charge in [0.15, 0.2) is 5.78 Å². The summed E-state index contributed by atoms with van der Waals surface area (Å²) in [5.74, 6) is -0.881. The van der Waals surface area contributed by atoms with Gasteiger partial charge in [-0.3, -0.25) is 4.79 Å². The smallest absolute Gasteiger partial charge is 0.406 e. The van der Waals surface area contributed by atoms with Crippen molar-refractivity contribution < 1.29 is 27.8 Å². The molecule has 3 nitrogen and oxygen atoms in total. The zero-order valence-corrected chi connectivity index (χ0v) is 12.0. The van der Waals surface area contributed by atoms with Gasteiger partial charge < -0.3 is 9.84 Å². The van der Waals surface area contributed by atoms with Gasteiger partial charge in [-0.15, -0.1) is 13.2 Å². The average Bonchev–Trinajstić information content (AvgIpc) is 2.33. The number of aliphatic hydroxyl groups excluding tert-OH is 1. The van der Waals surface area contributed by atoms with Crippen molar-refractivity contribution in [2.24, 2.45) is 0 Å². The number of alkyl halides is 3. The van der Waals surface area contributed by atoms with E-state index in [0.717, 1.165) is 12.1 Å². The monoisotopic (exact) mass is 322 g/mol. The molecular formula is C14H14ClF3O3. The van der Waals surface area contributed by atoms with E-state index in [9.17, 15) is 23.1 Å². The zero-order valence-electron chi connectivity index (χ0n) is 11.2. The highest BCUT2D eigenvalue weighted by Crippen LogP contribution is 2.39. The van der Waals surface area contributed by atoms with E-state index in [4.69, 9.17) is 11.6 Å². The molecule has 0 radical (unpaired) electrons. The molecule has 1 aromatic carbocycles. The lowest BCUT2D eigenvalue weighted by Gasteiger charge is -2.35. The van der Waals surface area contributed by atoms with Gasteiger partial charge >= 0.3 is 6.36 Å². The van der Waals surface area contributed by atoms with Crippen LogP contribution < -0.4 is 4.74 Å². The van der Waals surface area contributed by atoms with Gasteiger partial charge in [0.1, 0.15) is 11.9 Å². The Kier molecular flexibility index (Phi) is 4.22. The highest BCUT2D eigenvalue weighted by atomic mass is 35.5. The summed E-state index contributed by atoms with van der Waals surface area (Å²) in [4.78, 5) is 12.2. The minimum atomic E-state index is -4.83. The second-order valence-corrected chi connectivity index (χ2v) is 5.76. The van der Waals surface area contributed by atoms with Crippen LogP contribution in [0.3, 0.4) is 0 Å². The predicted molar refractivity (Wildman–Crippen MR) is 70.4 cm³/mol. The number of hydrogen-bond acceptors (Lipinski definition) is 3. The Morgan fingerprint density at radius 2 is 2.05 bits per heavy atom. The van der Waals surface area contributed by atoms with Crippen LogP contribution in [-0.4, -0.2) is 23.4 Å². The van der Waals surface area contributed by atoms with Gasteiger partial charge in [0, 0.05) is 5.02 Å². The van der Waals surface area contributed by atoms with E-state index in [1.54, 1.807) is 6.92 Å². The summed E-state index contributed by atoms with van der Waals surface area (Å²) < 4.78 is 40.8. The molecular weight excluding hydrogens is 309 g/mol. The normalized spacial score (nSPS) is 26.8. The topological polar surface area (TPSA) is 46.5 Å². The lowest BCUT2D eigenvalue weighted by Crippen LogP contribution is -2.44. The molecule has 2 rings (SSSR count). The van der Waals surface area contributed by atoms with Gasteiger partial charge in [0.25, 0.3) is 0 Å². The Hall–Kier alpha value is -1.27. The molecule has 0 heterocycles. The van der Waals surface area contributed by atoms with Gasteiger partial charge in [0.2, 0.25) is 0 Å². The van der Waals surface area contributed by atoms with E-state index in [1.807, 2.05) is 0 Å². The van der Waals surface area contributed by atoms with Crippen molar-refractivity contribution in [3.05, 3.63) is 28.8 Å². The molecule has 7 heteroatoms. The second kappa shape index (κ2) is 5.50. The molecule has 1 aliphatic rings. The Labute approximate surface area is 124 Å². The molecule has 1 N–H and O–H groups in total. The van der Waals surface area contributed by atoms with Crippen LogP contribution in [0.25, 0.3) is 0 Å². The lowest BCUT2D eigenvalue weighted by atomic mass is 9.69. The van der Waals surface area contributed by atoms with Crippen LogP contribution in [0.2, 0.25) is 5.02 Å². The number of benzene rings is 1. The van der Waals surface area contributed by atoms with Crippen molar-refractivity contribution in [2.45, 2.75) is 44.1 Å². The molecule has 0 saturated heterocycles. The summed E-state index contributed by atoms with van der Waals surface area (Å²) in [5.41, 5.74) is -0.746. The summed E-state index contributed by atoms with van der Waals surface area (Å²) >= 11 is 5.82. The van der Waals surface area contributed by atoms with Crippen molar-refractivity contribution >= 4 is 17.4 Å². The summed E-state index contributed by atoms with van der Waals surface area (Å²) in [6.45, 7) is 1.60. The van der Waals surface area contributed by atoms with Crippen molar-refractivity contribution in [3.8, 4) is 5.75 Å². The Morgan fingerprint density at radius 3 is 2.67 bits per heavy atom.